The van der Waals surface area contributed by atoms with E-state index in [9.17, 15) is 9.59 Å². The zero-order valence-electron chi connectivity index (χ0n) is 12.8. The summed E-state index contributed by atoms with van der Waals surface area (Å²) >= 11 is 0. The number of rotatable bonds is 4. The Kier molecular flexibility index (Phi) is 4.03. The number of H-pyrrole nitrogens is 2. The smallest absolute Gasteiger partial charge is 0.332 e. The van der Waals surface area contributed by atoms with Gasteiger partial charge in [-0.15, -0.1) is 0 Å². The maximum Gasteiger partial charge on any atom is 0.332 e. The molecule has 2 aromatic carbocycles. The van der Waals surface area contributed by atoms with Crippen molar-refractivity contribution in [1.82, 2.24) is 9.97 Å². The largest absolute Gasteiger partial charge is 0.467 e. The molecular formula is C17H14N4O3. The highest BCUT2D eigenvalue weighted by Gasteiger charge is 2.22. The Morgan fingerprint density at radius 1 is 1.21 bits per heavy atom. The summed E-state index contributed by atoms with van der Waals surface area (Å²) in [6.45, 7) is 0. The summed E-state index contributed by atoms with van der Waals surface area (Å²) in [5.74, 6) is -0.479. The van der Waals surface area contributed by atoms with Crippen molar-refractivity contribution in [2.45, 2.75) is 6.04 Å². The van der Waals surface area contributed by atoms with Crippen LogP contribution in [0.2, 0.25) is 0 Å². The van der Waals surface area contributed by atoms with Crippen LogP contribution in [-0.4, -0.2) is 23.0 Å². The number of hydrogen-bond donors (Lipinski definition) is 3. The highest BCUT2D eigenvalue weighted by Crippen LogP contribution is 2.23. The SMILES string of the molecule is COC(=O)[C@@H](Nc1ccc2[nH]c(=O)[nH]c2c1)c1cccc(C#N)c1. The highest BCUT2D eigenvalue weighted by atomic mass is 16.5. The van der Waals surface area contributed by atoms with E-state index < -0.39 is 12.0 Å². The van der Waals surface area contributed by atoms with Crippen LogP contribution < -0.4 is 11.0 Å². The number of aromatic amines is 2. The number of aromatic nitrogens is 2. The van der Waals surface area contributed by atoms with Crippen molar-refractivity contribution in [2.75, 3.05) is 12.4 Å². The fraction of sp³-hybridized carbons (Fsp3) is 0.118. The summed E-state index contributed by atoms with van der Waals surface area (Å²) in [4.78, 5) is 28.8. The molecule has 0 saturated heterocycles. The number of anilines is 1. The van der Waals surface area contributed by atoms with Crippen molar-refractivity contribution in [3.05, 3.63) is 64.1 Å². The molecule has 1 heterocycles. The van der Waals surface area contributed by atoms with Crippen molar-refractivity contribution >= 4 is 22.7 Å². The second kappa shape index (κ2) is 6.30. The van der Waals surface area contributed by atoms with Crippen LogP contribution in [0.5, 0.6) is 0 Å². The van der Waals surface area contributed by atoms with Gasteiger partial charge in [0.15, 0.2) is 6.04 Å². The molecule has 24 heavy (non-hydrogen) atoms. The minimum atomic E-state index is -0.772. The molecule has 3 N–H and O–H groups in total. The second-order valence-electron chi connectivity index (χ2n) is 5.18. The number of carbonyl (C=O) groups excluding carboxylic acids is 1. The molecule has 3 rings (SSSR count). The Morgan fingerprint density at radius 2 is 2.00 bits per heavy atom. The number of imidazole rings is 1. The molecule has 1 atom stereocenters. The third kappa shape index (κ3) is 2.98. The van der Waals surface area contributed by atoms with Gasteiger partial charge >= 0.3 is 11.7 Å². The summed E-state index contributed by atoms with van der Waals surface area (Å²) in [5, 5.41) is 12.1. The van der Waals surface area contributed by atoms with Crippen LogP contribution in [0, 0.1) is 11.3 Å². The number of nitriles is 1. The standard InChI is InChI=1S/C17H14N4O3/c1-24-16(22)15(11-4-2-3-10(7-11)9-18)19-12-5-6-13-14(8-12)21-17(23)20-13/h2-8,15,19H,1H3,(H2,20,21,23)/t15-/m0/s1. The fourth-order valence-electron chi connectivity index (χ4n) is 2.47. The van der Waals surface area contributed by atoms with Crippen LogP contribution in [0.15, 0.2) is 47.3 Å². The van der Waals surface area contributed by atoms with E-state index in [1.807, 2.05) is 6.07 Å². The van der Waals surface area contributed by atoms with Crippen LogP contribution in [0.25, 0.3) is 11.0 Å². The van der Waals surface area contributed by atoms with E-state index in [2.05, 4.69) is 15.3 Å². The molecule has 0 amide bonds. The molecule has 1 aromatic heterocycles. The number of carbonyl (C=O) groups is 1. The van der Waals surface area contributed by atoms with Gasteiger partial charge in [0.05, 0.1) is 29.8 Å². The van der Waals surface area contributed by atoms with Gasteiger partial charge in [-0.05, 0) is 35.9 Å². The summed E-state index contributed by atoms with van der Waals surface area (Å²) in [5.41, 5.74) is 2.70. The summed E-state index contributed by atoms with van der Waals surface area (Å²) in [6.07, 6.45) is 0. The maximum absolute atomic E-state index is 12.2. The molecular weight excluding hydrogens is 308 g/mol. The van der Waals surface area contributed by atoms with Crippen LogP contribution in [0.1, 0.15) is 17.2 Å². The average molecular weight is 322 g/mol. The molecule has 0 aliphatic rings. The molecule has 0 aliphatic carbocycles. The zero-order chi connectivity index (χ0) is 17.1. The van der Waals surface area contributed by atoms with Gasteiger partial charge in [0.1, 0.15) is 0 Å². The Bertz CT molecular complexity index is 997. The fourth-order valence-corrected chi connectivity index (χ4v) is 2.47. The number of esters is 1. The van der Waals surface area contributed by atoms with Gasteiger partial charge in [0, 0.05) is 5.69 Å². The topological polar surface area (TPSA) is 111 Å². The van der Waals surface area contributed by atoms with Gasteiger partial charge < -0.3 is 20.0 Å². The van der Waals surface area contributed by atoms with Crippen molar-refractivity contribution in [3.8, 4) is 6.07 Å². The highest BCUT2D eigenvalue weighted by molar-refractivity contribution is 5.83. The normalized spacial score (nSPS) is 11.7. The van der Waals surface area contributed by atoms with Crippen LogP contribution in [-0.2, 0) is 9.53 Å². The lowest BCUT2D eigenvalue weighted by Gasteiger charge is -2.18. The van der Waals surface area contributed by atoms with E-state index in [1.54, 1.807) is 42.5 Å². The van der Waals surface area contributed by atoms with Gasteiger partial charge in [-0.3, -0.25) is 0 Å². The van der Waals surface area contributed by atoms with E-state index in [0.29, 0.717) is 27.8 Å². The first kappa shape index (κ1) is 15.4. The lowest BCUT2D eigenvalue weighted by Crippen LogP contribution is -2.22. The number of fused-ring (bicyclic) bond motifs is 1. The van der Waals surface area contributed by atoms with Crippen LogP contribution in [0.4, 0.5) is 5.69 Å². The van der Waals surface area contributed by atoms with E-state index in [4.69, 9.17) is 10.00 Å². The second-order valence-corrected chi connectivity index (χ2v) is 5.18. The minimum Gasteiger partial charge on any atom is -0.467 e. The molecule has 0 spiro atoms. The van der Waals surface area contributed by atoms with E-state index in [0.717, 1.165) is 0 Å². The van der Waals surface area contributed by atoms with Crippen molar-refractivity contribution in [3.63, 3.8) is 0 Å². The summed E-state index contributed by atoms with van der Waals surface area (Å²) in [7, 11) is 1.30. The monoisotopic (exact) mass is 322 g/mol. The van der Waals surface area contributed by atoms with Gasteiger partial charge in [-0.2, -0.15) is 5.26 Å². The number of ether oxygens (including phenoxy) is 1. The number of hydrogen-bond acceptors (Lipinski definition) is 5. The Labute approximate surface area is 136 Å². The first-order valence-corrected chi connectivity index (χ1v) is 7.17. The third-order valence-corrected chi connectivity index (χ3v) is 3.61. The van der Waals surface area contributed by atoms with Crippen molar-refractivity contribution in [2.24, 2.45) is 0 Å². The van der Waals surface area contributed by atoms with Gasteiger partial charge in [-0.25, -0.2) is 9.59 Å². The lowest BCUT2D eigenvalue weighted by atomic mass is 10.0. The molecule has 0 radical (unpaired) electrons. The van der Waals surface area contributed by atoms with Gasteiger partial charge in [0.25, 0.3) is 0 Å². The molecule has 0 aliphatic heterocycles. The van der Waals surface area contributed by atoms with Gasteiger partial charge in [0.2, 0.25) is 0 Å². The number of methoxy groups -OCH3 is 1. The van der Waals surface area contributed by atoms with E-state index >= 15 is 0 Å². The van der Waals surface area contributed by atoms with Crippen LogP contribution >= 0.6 is 0 Å². The van der Waals surface area contributed by atoms with Gasteiger partial charge in [-0.1, -0.05) is 12.1 Å². The molecule has 0 bridgehead atoms. The lowest BCUT2D eigenvalue weighted by molar-refractivity contribution is -0.141. The molecule has 0 saturated carbocycles. The number of nitrogens with one attached hydrogen (secondary N) is 3. The molecule has 3 aromatic rings. The minimum absolute atomic E-state index is 0.298. The average Bonchev–Trinajstić information content (AvgIpc) is 2.98. The third-order valence-electron chi connectivity index (χ3n) is 3.61. The van der Waals surface area contributed by atoms with E-state index in [1.165, 1.54) is 7.11 Å². The Balaban J connectivity index is 1.97. The summed E-state index contributed by atoms with van der Waals surface area (Å²) in [6, 6.07) is 13.2. The quantitative estimate of drug-likeness (QED) is 0.637. The Hall–Kier alpha value is -3.53. The first-order valence-electron chi connectivity index (χ1n) is 7.17. The zero-order valence-corrected chi connectivity index (χ0v) is 12.8. The molecule has 7 nitrogen and oxygen atoms in total. The number of nitrogens with zero attached hydrogens (tertiary/aromatic N) is 1. The maximum atomic E-state index is 12.2. The number of benzene rings is 2. The molecule has 0 unspecified atom stereocenters. The summed E-state index contributed by atoms with van der Waals surface area (Å²) < 4.78 is 4.86. The molecule has 120 valence electrons. The van der Waals surface area contributed by atoms with Crippen molar-refractivity contribution in [1.29, 1.82) is 5.26 Å². The first-order chi connectivity index (χ1) is 11.6. The van der Waals surface area contributed by atoms with E-state index in [-0.39, 0.29) is 5.69 Å². The molecule has 0 fully saturated rings. The van der Waals surface area contributed by atoms with Crippen molar-refractivity contribution < 1.29 is 9.53 Å². The van der Waals surface area contributed by atoms with Crippen LogP contribution in [0.3, 0.4) is 0 Å². The Morgan fingerprint density at radius 3 is 2.75 bits per heavy atom. The predicted octanol–water partition coefficient (Wildman–Crippen LogP) is 2.05. The predicted molar refractivity (Wildman–Crippen MR) is 88.5 cm³/mol. The molecule has 7 heteroatoms.